The molecule has 0 spiro atoms. The number of aromatic nitrogens is 2. The Morgan fingerprint density at radius 2 is 2.20 bits per heavy atom. The fourth-order valence-electron chi connectivity index (χ4n) is 2.70. The number of H-pyrrole nitrogens is 1. The van der Waals surface area contributed by atoms with Crippen LogP contribution in [-0.2, 0) is 11.3 Å². The van der Waals surface area contributed by atoms with Crippen molar-refractivity contribution in [2.75, 3.05) is 26.8 Å². The van der Waals surface area contributed by atoms with Gasteiger partial charge < -0.3 is 9.64 Å². The van der Waals surface area contributed by atoms with Gasteiger partial charge >= 0.3 is 0 Å². The molecule has 0 aromatic carbocycles. The molecule has 4 nitrogen and oxygen atoms in total. The summed E-state index contributed by atoms with van der Waals surface area (Å²) < 4.78 is 5.42. The molecule has 2 aromatic rings. The third-order valence-corrected chi connectivity index (χ3v) is 4.87. The van der Waals surface area contributed by atoms with Crippen molar-refractivity contribution >= 4 is 11.3 Å². The lowest BCUT2D eigenvalue weighted by Crippen LogP contribution is -2.29. The number of thiophene rings is 1. The summed E-state index contributed by atoms with van der Waals surface area (Å²) in [5.74, 6) is 0.792. The molecule has 1 N–H and O–H groups in total. The third-order valence-electron chi connectivity index (χ3n) is 3.76. The van der Waals surface area contributed by atoms with E-state index in [1.165, 1.54) is 29.1 Å². The van der Waals surface area contributed by atoms with Gasteiger partial charge in [-0.05, 0) is 44.0 Å². The lowest BCUT2D eigenvalue weighted by atomic mass is 10.00. The van der Waals surface area contributed by atoms with Gasteiger partial charge in [0.25, 0.3) is 0 Å². The van der Waals surface area contributed by atoms with Gasteiger partial charge in [-0.3, -0.25) is 5.10 Å². The molecule has 20 heavy (non-hydrogen) atoms. The summed E-state index contributed by atoms with van der Waals surface area (Å²) in [5, 5.41) is 7.02. The standard InChI is InChI=1S/C15H21N3OS/c1-18(10-12-5-8-19-9-6-12)11-13-2-3-15(20-13)14-4-7-16-17-14/h2-4,7,12H,5-6,8-11H2,1H3,(H,16,17). The molecule has 0 aliphatic carbocycles. The second-order valence-corrected chi connectivity index (χ2v) is 6.66. The molecular formula is C15H21N3OS. The number of hydrogen-bond donors (Lipinski definition) is 1. The number of hydrogen-bond acceptors (Lipinski definition) is 4. The first kappa shape index (κ1) is 13.8. The van der Waals surface area contributed by atoms with E-state index in [2.05, 4.69) is 34.3 Å². The van der Waals surface area contributed by atoms with Crippen molar-refractivity contribution in [1.29, 1.82) is 0 Å². The molecule has 3 heterocycles. The Kier molecular flexibility index (Phi) is 4.50. The quantitative estimate of drug-likeness (QED) is 0.920. The molecule has 1 aliphatic heterocycles. The first-order valence-electron chi connectivity index (χ1n) is 7.16. The van der Waals surface area contributed by atoms with E-state index in [0.29, 0.717) is 0 Å². The number of nitrogens with one attached hydrogen (secondary N) is 1. The Morgan fingerprint density at radius 1 is 1.35 bits per heavy atom. The van der Waals surface area contributed by atoms with Gasteiger partial charge in [-0.1, -0.05) is 0 Å². The number of rotatable bonds is 5. The molecule has 108 valence electrons. The third kappa shape index (κ3) is 3.48. The summed E-state index contributed by atoms with van der Waals surface area (Å²) in [4.78, 5) is 5.10. The maximum absolute atomic E-state index is 5.42. The maximum atomic E-state index is 5.42. The Bertz CT molecular complexity index is 517. The summed E-state index contributed by atoms with van der Waals surface area (Å²) in [6.45, 7) is 4.06. The van der Waals surface area contributed by atoms with Gasteiger partial charge in [-0.25, -0.2) is 0 Å². The van der Waals surface area contributed by atoms with Crippen LogP contribution in [-0.4, -0.2) is 41.9 Å². The Hall–Kier alpha value is -1.17. The minimum atomic E-state index is 0.792. The smallest absolute Gasteiger partial charge is 0.0749 e. The fourth-order valence-corrected chi connectivity index (χ4v) is 3.76. The Morgan fingerprint density at radius 3 is 2.95 bits per heavy atom. The van der Waals surface area contributed by atoms with Crippen molar-refractivity contribution < 1.29 is 4.74 Å². The summed E-state index contributed by atoms with van der Waals surface area (Å²) in [6, 6.07) is 6.42. The average molecular weight is 291 g/mol. The largest absolute Gasteiger partial charge is 0.381 e. The summed E-state index contributed by atoms with van der Waals surface area (Å²) in [7, 11) is 2.21. The molecule has 5 heteroatoms. The minimum absolute atomic E-state index is 0.792. The van der Waals surface area contributed by atoms with Crippen molar-refractivity contribution in [1.82, 2.24) is 15.1 Å². The molecule has 0 saturated carbocycles. The molecular weight excluding hydrogens is 270 g/mol. The van der Waals surface area contributed by atoms with Gasteiger partial charge in [0, 0.05) is 37.4 Å². The SMILES string of the molecule is CN(Cc1ccc(-c2ccn[nH]2)s1)CC1CCOCC1. The van der Waals surface area contributed by atoms with Crippen LogP contribution in [0.1, 0.15) is 17.7 Å². The van der Waals surface area contributed by atoms with Crippen LogP contribution < -0.4 is 0 Å². The van der Waals surface area contributed by atoms with Crippen LogP contribution in [0.25, 0.3) is 10.6 Å². The van der Waals surface area contributed by atoms with Gasteiger partial charge in [0.05, 0.1) is 10.6 Å². The van der Waals surface area contributed by atoms with Crippen molar-refractivity contribution in [3.8, 4) is 10.6 Å². The number of ether oxygens (including phenoxy) is 1. The van der Waals surface area contributed by atoms with E-state index in [1.54, 1.807) is 6.20 Å². The van der Waals surface area contributed by atoms with E-state index >= 15 is 0 Å². The van der Waals surface area contributed by atoms with Crippen LogP contribution in [0.3, 0.4) is 0 Å². The molecule has 3 rings (SSSR count). The first-order chi connectivity index (χ1) is 9.81. The van der Waals surface area contributed by atoms with Crippen molar-refractivity contribution in [2.24, 2.45) is 5.92 Å². The molecule has 2 aromatic heterocycles. The zero-order valence-electron chi connectivity index (χ0n) is 11.8. The highest BCUT2D eigenvalue weighted by Crippen LogP contribution is 2.27. The number of nitrogens with zero attached hydrogens (tertiary/aromatic N) is 2. The monoisotopic (exact) mass is 291 g/mol. The maximum Gasteiger partial charge on any atom is 0.0749 e. The second kappa shape index (κ2) is 6.52. The molecule has 1 aliphatic rings. The Balaban J connectivity index is 1.54. The van der Waals surface area contributed by atoms with Crippen LogP contribution in [0.2, 0.25) is 0 Å². The summed E-state index contributed by atoms with van der Waals surface area (Å²) in [6.07, 6.45) is 4.20. The highest BCUT2D eigenvalue weighted by molar-refractivity contribution is 7.15. The van der Waals surface area contributed by atoms with E-state index in [-0.39, 0.29) is 0 Å². The van der Waals surface area contributed by atoms with Gasteiger partial charge in [0.2, 0.25) is 0 Å². The van der Waals surface area contributed by atoms with E-state index in [4.69, 9.17) is 4.74 Å². The van der Waals surface area contributed by atoms with Crippen LogP contribution >= 0.6 is 11.3 Å². The predicted molar refractivity (Wildman–Crippen MR) is 81.8 cm³/mol. The van der Waals surface area contributed by atoms with E-state index in [0.717, 1.165) is 31.4 Å². The topological polar surface area (TPSA) is 41.2 Å². The van der Waals surface area contributed by atoms with Crippen LogP contribution in [0.4, 0.5) is 0 Å². The normalized spacial score (nSPS) is 16.9. The van der Waals surface area contributed by atoms with E-state index in [9.17, 15) is 0 Å². The zero-order valence-corrected chi connectivity index (χ0v) is 12.7. The van der Waals surface area contributed by atoms with Crippen molar-refractivity contribution in [3.05, 3.63) is 29.3 Å². The molecule has 0 bridgehead atoms. The van der Waals surface area contributed by atoms with Crippen LogP contribution in [0, 0.1) is 5.92 Å². The van der Waals surface area contributed by atoms with Crippen molar-refractivity contribution in [2.45, 2.75) is 19.4 Å². The highest BCUT2D eigenvalue weighted by atomic mass is 32.1. The lowest BCUT2D eigenvalue weighted by Gasteiger charge is -2.26. The molecule has 1 saturated heterocycles. The molecule has 0 atom stereocenters. The summed E-state index contributed by atoms with van der Waals surface area (Å²) >= 11 is 1.84. The molecule has 0 radical (unpaired) electrons. The number of aromatic amines is 1. The first-order valence-corrected chi connectivity index (χ1v) is 7.97. The van der Waals surface area contributed by atoms with Crippen LogP contribution in [0.15, 0.2) is 24.4 Å². The van der Waals surface area contributed by atoms with Gasteiger partial charge in [0.15, 0.2) is 0 Å². The fraction of sp³-hybridized carbons (Fsp3) is 0.533. The van der Waals surface area contributed by atoms with E-state index < -0.39 is 0 Å². The zero-order chi connectivity index (χ0) is 13.8. The Labute approximate surface area is 123 Å². The predicted octanol–water partition coefficient (Wildman–Crippen LogP) is 3.00. The molecule has 1 fully saturated rings. The van der Waals surface area contributed by atoms with Gasteiger partial charge in [0.1, 0.15) is 0 Å². The summed E-state index contributed by atoms with van der Waals surface area (Å²) in [5.41, 5.74) is 1.10. The second-order valence-electron chi connectivity index (χ2n) is 5.49. The lowest BCUT2D eigenvalue weighted by molar-refractivity contribution is 0.0550. The van der Waals surface area contributed by atoms with Crippen molar-refractivity contribution in [3.63, 3.8) is 0 Å². The molecule has 0 amide bonds. The molecule has 0 unspecified atom stereocenters. The van der Waals surface area contributed by atoms with Gasteiger partial charge in [-0.2, -0.15) is 5.10 Å². The van der Waals surface area contributed by atoms with Gasteiger partial charge in [-0.15, -0.1) is 11.3 Å². The van der Waals surface area contributed by atoms with E-state index in [1.807, 2.05) is 17.4 Å². The van der Waals surface area contributed by atoms with Crippen LogP contribution in [0.5, 0.6) is 0 Å². The minimum Gasteiger partial charge on any atom is -0.381 e. The average Bonchev–Trinajstić information content (AvgIpc) is 3.10. The highest BCUT2D eigenvalue weighted by Gasteiger charge is 2.16.